The van der Waals surface area contributed by atoms with Crippen LogP contribution < -0.4 is 16.2 Å². The lowest BCUT2D eigenvalue weighted by atomic mass is 10.1. The predicted molar refractivity (Wildman–Crippen MR) is 98.1 cm³/mol. The molecule has 2 aromatic rings. The molecule has 1 aliphatic heterocycles. The van der Waals surface area contributed by atoms with Gasteiger partial charge in [-0.2, -0.15) is 5.10 Å². The number of aryl methyl sites for hydroxylation is 2. The highest BCUT2D eigenvalue weighted by molar-refractivity contribution is 5.71. The Morgan fingerprint density at radius 1 is 1.36 bits per heavy atom. The Labute approximate surface area is 147 Å². The van der Waals surface area contributed by atoms with Crippen molar-refractivity contribution >= 4 is 11.4 Å². The molecule has 1 aliphatic rings. The molecule has 25 heavy (non-hydrogen) atoms. The molecule has 0 saturated carbocycles. The Bertz CT molecular complexity index is 805. The van der Waals surface area contributed by atoms with E-state index in [9.17, 15) is 5.11 Å². The minimum absolute atomic E-state index is 0.322. The number of pyridine rings is 1. The second-order valence-electron chi connectivity index (χ2n) is 6.29. The van der Waals surface area contributed by atoms with Crippen LogP contribution in [-0.2, 0) is 6.54 Å². The van der Waals surface area contributed by atoms with Gasteiger partial charge in [0.05, 0.1) is 29.4 Å². The number of anilines is 1. The van der Waals surface area contributed by atoms with Crippen molar-refractivity contribution in [3.63, 3.8) is 0 Å². The van der Waals surface area contributed by atoms with Crippen molar-refractivity contribution in [1.29, 1.82) is 0 Å². The third-order valence-corrected chi connectivity index (χ3v) is 4.09. The lowest BCUT2D eigenvalue weighted by molar-refractivity contribution is 0.176. The topological polar surface area (TPSA) is 87.0 Å². The van der Waals surface area contributed by atoms with Crippen LogP contribution in [0.1, 0.15) is 31.4 Å². The van der Waals surface area contributed by atoms with Gasteiger partial charge in [0.15, 0.2) is 0 Å². The van der Waals surface area contributed by atoms with Gasteiger partial charge in [0, 0.05) is 36.4 Å². The van der Waals surface area contributed by atoms with Gasteiger partial charge in [-0.1, -0.05) is 0 Å². The molecule has 7 nitrogen and oxygen atoms in total. The summed E-state index contributed by atoms with van der Waals surface area (Å²) in [6, 6.07) is 1.99. The van der Waals surface area contributed by atoms with Crippen molar-refractivity contribution in [2.45, 2.75) is 39.8 Å². The minimum Gasteiger partial charge on any atom is -0.393 e. The smallest absolute Gasteiger partial charge is 0.0768 e. The Hall–Kier alpha value is -2.80. The largest absolute Gasteiger partial charge is 0.393 e. The Morgan fingerprint density at radius 3 is 2.96 bits per heavy atom. The Balaban J connectivity index is 1.70. The lowest BCUT2D eigenvalue weighted by Crippen LogP contribution is -2.24. The highest BCUT2D eigenvalue weighted by atomic mass is 16.3. The molecular formula is C18H24N6O. The molecule has 0 aliphatic carbocycles. The van der Waals surface area contributed by atoms with Gasteiger partial charge in [-0.05, 0) is 44.9 Å². The van der Waals surface area contributed by atoms with E-state index in [1.54, 1.807) is 19.3 Å². The lowest BCUT2D eigenvalue weighted by Gasteiger charge is -2.08. The second-order valence-corrected chi connectivity index (χ2v) is 6.29. The first kappa shape index (κ1) is 17.0. The molecule has 1 atom stereocenters. The summed E-state index contributed by atoms with van der Waals surface area (Å²) in [5.74, 6) is 0. The molecule has 0 saturated heterocycles. The molecule has 0 unspecified atom stereocenters. The van der Waals surface area contributed by atoms with Gasteiger partial charge in [-0.3, -0.25) is 15.1 Å². The molecule has 0 aromatic carbocycles. The average molecular weight is 340 g/mol. The molecule has 0 radical (unpaired) electrons. The van der Waals surface area contributed by atoms with Crippen molar-refractivity contribution in [2.24, 2.45) is 0 Å². The van der Waals surface area contributed by atoms with Crippen LogP contribution in [0.15, 0.2) is 48.3 Å². The van der Waals surface area contributed by atoms with Gasteiger partial charge in [0.25, 0.3) is 0 Å². The van der Waals surface area contributed by atoms with Crippen LogP contribution >= 0.6 is 0 Å². The number of hydrogen-bond donors (Lipinski definition) is 4. The van der Waals surface area contributed by atoms with E-state index in [4.69, 9.17) is 0 Å². The van der Waals surface area contributed by atoms with Gasteiger partial charge >= 0.3 is 0 Å². The maximum atomic E-state index is 9.36. The second kappa shape index (κ2) is 7.40. The zero-order valence-electron chi connectivity index (χ0n) is 14.7. The summed E-state index contributed by atoms with van der Waals surface area (Å²) in [6.07, 6.45) is 9.79. The fourth-order valence-electron chi connectivity index (χ4n) is 2.60. The van der Waals surface area contributed by atoms with Crippen LogP contribution in [0.3, 0.4) is 0 Å². The maximum absolute atomic E-state index is 9.36. The summed E-state index contributed by atoms with van der Waals surface area (Å²) in [5, 5.41) is 17.0. The zero-order valence-corrected chi connectivity index (χ0v) is 14.7. The Morgan fingerprint density at radius 2 is 2.20 bits per heavy atom. The third kappa shape index (κ3) is 4.19. The number of nitrogens with one attached hydrogen (secondary N) is 3. The van der Waals surface area contributed by atoms with Gasteiger partial charge in [-0.15, -0.1) is 0 Å². The highest BCUT2D eigenvalue weighted by Gasteiger charge is 2.14. The van der Waals surface area contributed by atoms with Crippen molar-refractivity contribution in [2.75, 3.05) is 5.32 Å². The summed E-state index contributed by atoms with van der Waals surface area (Å²) in [5.41, 5.74) is 12.5. The highest BCUT2D eigenvalue weighted by Crippen LogP contribution is 2.21. The number of aromatic nitrogens is 3. The van der Waals surface area contributed by atoms with E-state index in [0.717, 1.165) is 28.3 Å². The van der Waals surface area contributed by atoms with Crippen LogP contribution in [-0.4, -0.2) is 26.0 Å². The van der Waals surface area contributed by atoms with Crippen LogP contribution in [0.25, 0.3) is 5.70 Å². The molecule has 3 rings (SSSR count). The molecule has 0 spiro atoms. The summed E-state index contributed by atoms with van der Waals surface area (Å²) < 4.78 is 1.83. The van der Waals surface area contributed by atoms with Crippen molar-refractivity contribution in [3.8, 4) is 0 Å². The number of nitrogens with zero attached hydrogens (tertiary/aromatic N) is 3. The molecule has 4 N–H and O–H groups in total. The summed E-state index contributed by atoms with van der Waals surface area (Å²) in [6.45, 7) is 6.55. The van der Waals surface area contributed by atoms with Crippen molar-refractivity contribution in [1.82, 2.24) is 25.6 Å². The van der Waals surface area contributed by atoms with Crippen LogP contribution in [0.4, 0.5) is 5.69 Å². The van der Waals surface area contributed by atoms with E-state index < -0.39 is 0 Å². The van der Waals surface area contributed by atoms with Crippen LogP contribution in [0.2, 0.25) is 0 Å². The summed E-state index contributed by atoms with van der Waals surface area (Å²) in [7, 11) is 0. The number of rotatable bonds is 6. The fourth-order valence-corrected chi connectivity index (χ4v) is 2.60. The van der Waals surface area contributed by atoms with E-state index in [1.165, 1.54) is 5.56 Å². The SMILES string of the molecule is C/C(Nc1cnn(CC[C@@H](C)O)c1)=C1\C=C(c2cnccc2C)NN1. The first-order valence-corrected chi connectivity index (χ1v) is 8.36. The number of allylic oxidation sites excluding steroid dienone is 2. The molecule has 3 heterocycles. The van der Waals surface area contributed by atoms with E-state index in [1.807, 2.05) is 30.1 Å². The zero-order chi connectivity index (χ0) is 17.8. The molecule has 0 amide bonds. The van der Waals surface area contributed by atoms with Crippen molar-refractivity contribution in [3.05, 3.63) is 59.5 Å². The molecule has 0 bridgehead atoms. The normalized spacial score (nSPS) is 16.7. The van der Waals surface area contributed by atoms with E-state index >= 15 is 0 Å². The minimum atomic E-state index is -0.322. The monoisotopic (exact) mass is 340 g/mol. The molecule has 7 heteroatoms. The first-order valence-electron chi connectivity index (χ1n) is 8.36. The van der Waals surface area contributed by atoms with Gasteiger partial charge in [-0.25, -0.2) is 0 Å². The predicted octanol–water partition coefficient (Wildman–Crippen LogP) is 2.15. The molecule has 0 fully saturated rings. The molecule has 132 valence electrons. The van der Waals surface area contributed by atoms with Gasteiger partial charge in [0.1, 0.15) is 0 Å². The maximum Gasteiger partial charge on any atom is 0.0768 e. The van der Waals surface area contributed by atoms with Crippen molar-refractivity contribution < 1.29 is 5.11 Å². The number of aliphatic hydroxyl groups is 1. The Kier molecular flexibility index (Phi) is 5.04. The number of hydrogen-bond acceptors (Lipinski definition) is 6. The first-order chi connectivity index (χ1) is 12.0. The van der Waals surface area contributed by atoms with Gasteiger partial charge in [0.2, 0.25) is 0 Å². The van der Waals surface area contributed by atoms with Crippen LogP contribution in [0, 0.1) is 6.92 Å². The number of hydrazine groups is 1. The standard InChI is InChI=1S/C18H24N6O/c1-12-4-6-19-10-16(12)18-8-17(22-23-18)14(3)21-15-9-20-24(11-15)7-5-13(2)25/h4,6,8-11,13,21-23,25H,5,7H2,1-3H3/b17-14-/t13-/m1/s1. The quantitative estimate of drug-likeness (QED) is 0.645. The number of aliphatic hydroxyl groups excluding tert-OH is 1. The van der Waals surface area contributed by atoms with E-state index in [2.05, 4.69) is 39.3 Å². The third-order valence-electron chi connectivity index (χ3n) is 4.09. The van der Waals surface area contributed by atoms with Crippen LogP contribution in [0.5, 0.6) is 0 Å². The molecule has 2 aromatic heterocycles. The summed E-state index contributed by atoms with van der Waals surface area (Å²) >= 11 is 0. The fraction of sp³-hybridized carbons (Fsp3) is 0.333. The van der Waals surface area contributed by atoms with E-state index in [0.29, 0.717) is 13.0 Å². The average Bonchev–Trinajstić information content (AvgIpc) is 3.23. The van der Waals surface area contributed by atoms with Gasteiger partial charge < -0.3 is 15.8 Å². The molecular weight excluding hydrogens is 316 g/mol. The van der Waals surface area contributed by atoms with E-state index in [-0.39, 0.29) is 6.10 Å². The summed E-state index contributed by atoms with van der Waals surface area (Å²) in [4.78, 5) is 4.19.